The molecule has 1 aliphatic rings. The Morgan fingerprint density at radius 1 is 0.943 bits per heavy atom. The van der Waals surface area contributed by atoms with Crippen LogP contribution in [0.25, 0.3) is 10.9 Å². The summed E-state index contributed by atoms with van der Waals surface area (Å²) in [4.78, 5) is 15.9. The van der Waals surface area contributed by atoms with Gasteiger partial charge in [0.25, 0.3) is 5.56 Å². The number of nitrogens with zero attached hydrogens (tertiary/aromatic N) is 1. The van der Waals surface area contributed by atoms with E-state index in [0.717, 1.165) is 22.0 Å². The number of nitrogens with one attached hydrogen (secondary N) is 1. The van der Waals surface area contributed by atoms with Crippen molar-refractivity contribution >= 4 is 32.5 Å². The Kier molecular flexibility index (Phi) is 6.04. The van der Waals surface area contributed by atoms with Crippen molar-refractivity contribution in [3.63, 3.8) is 0 Å². The number of fused-ring (bicyclic) bond motifs is 2. The first kappa shape index (κ1) is 23.4. The normalized spacial score (nSPS) is 13.0. The number of aromatic amines is 1. The Labute approximate surface area is 207 Å². The summed E-state index contributed by atoms with van der Waals surface area (Å²) in [6.45, 7) is 3.86. The summed E-state index contributed by atoms with van der Waals surface area (Å²) in [6.07, 6.45) is 0. The second kappa shape index (κ2) is 9.03. The summed E-state index contributed by atoms with van der Waals surface area (Å²) in [6, 6.07) is 17.2. The first-order chi connectivity index (χ1) is 16.7. The van der Waals surface area contributed by atoms with Gasteiger partial charge in [-0.15, -0.1) is 0 Å². The molecular formula is C26H23ClN2O5S. The predicted molar refractivity (Wildman–Crippen MR) is 134 cm³/mol. The van der Waals surface area contributed by atoms with Gasteiger partial charge in [0.1, 0.15) is 4.90 Å². The van der Waals surface area contributed by atoms with Crippen LogP contribution >= 0.6 is 11.6 Å². The van der Waals surface area contributed by atoms with E-state index in [4.69, 9.17) is 21.1 Å². The van der Waals surface area contributed by atoms with E-state index >= 15 is 0 Å². The average Bonchev–Trinajstić information content (AvgIpc) is 3.30. The van der Waals surface area contributed by atoms with Crippen molar-refractivity contribution in [2.75, 3.05) is 6.79 Å². The summed E-state index contributed by atoms with van der Waals surface area (Å²) in [5, 5.41) is 0.986. The van der Waals surface area contributed by atoms with Crippen molar-refractivity contribution < 1.29 is 17.9 Å². The van der Waals surface area contributed by atoms with E-state index in [1.165, 1.54) is 16.4 Å². The van der Waals surface area contributed by atoms with Gasteiger partial charge in [-0.2, -0.15) is 4.31 Å². The Morgan fingerprint density at radius 2 is 1.69 bits per heavy atom. The van der Waals surface area contributed by atoms with Gasteiger partial charge in [-0.1, -0.05) is 41.9 Å². The molecule has 0 unspecified atom stereocenters. The second-order valence-corrected chi connectivity index (χ2v) is 10.8. The first-order valence-electron chi connectivity index (χ1n) is 11.0. The van der Waals surface area contributed by atoms with Gasteiger partial charge in [0.15, 0.2) is 11.5 Å². The van der Waals surface area contributed by atoms with E-state index in [9.17, 15) is 13.2 Å². The highest BCUT2D eigenvalue weighted by Crippen LogP contribution is 2.34. The van der Waals surface area contributed by atoms with Crippen LogP contribution in [0, 0.1) is 13.8 Å². The van der Waals surface area contributed by atoms with E-state index < -0.39 is 10.0 Å². The van der Waals surface area contributed by atoms with Gasteiger partial charge in [-0.3, -0.25) is 4.79 Å². The lowest BCUT2D eigenvalue weighted by molar-refractivity contribution is 0.174. The smallest absolute Gasteiger partial charge is 0.252 e. The highest BCUT2D eigenvalue weighted by atomic mass is 35.5. The number of hydrogen-bond acceptors (Lipinski definition) is 5. The third kappa shape index (κ3) is 4.40. The van der Waals surface area contributed by atoms with Gasteiger partial charge < -0.3 is 14.5 Å². The maximum Gasteiger partial charge on any atom is 0.252 e. The molecule has 1 aromatic heterocycles. The maximum atomic E-state index is 13.8. The fraction of sp³-hybridized carbons (Fsp3) is 0.192. The minimum absolute atomic E-state index is 0.00841. The molecule has 0 aliphatic carbocycles. The van der Waals surface area contributed by atoms with Gasteiger partial charge in [0.2, 0.25) is 16.8 Å². The summed E-state index contributed by atoms with van der Waals surface area (Å²) in [5.41, 5.74) is 3.36. The Morgan fingerprint density at radius 3 is 2.49 bits per heavy atom. The largest absolute Gasteiger partial charge is 0.454 e. The Hall–Kier alpha value is -3.33. The van der Waals surface area contributed by atoms with Crippen LogP contribution in [0.5, 0.6) is 11.5 Å². The molecule has 3 aromatic carbocycles. The summed E-state index contributed by atoms with van der Waals surface area (Å²) in [7, 11) is -4.05. The van der Waals surface area contributed by atoms with Crippen molar-refractivity contribution in [1.82, 2.24) is 9.29 Å². The van der Waals surface area contributed by atoms with E-state index in [1.54, 1.807) is 36.4 Å². The molecule has 0 radical (unpaired) electrons. The number of rotatable bonds is 6. The number of H-pyrrole nitrogens is 1. The molecule has 0 bridgehead atoms. The van der Waals surface area contributed by atoms with Gasteiger partial charge >= 0.3 is 0 Å². The highest BCUT2D eigenvalue weighted by molar-refractivity contribution is 7.89. The van der Waals surface area contributed by atoms with Crippen LogP contribution in [-0.4, -0.2) is 24.5 Å². The number of sulfonamides is 1. The molecular weight excluding hydrogens is 488 g/mol. The average molecular weight is 511 g/mol. The van der Waals surface area contributed by atoms with Crippen LogP contribution in [0.1, 0.15) is 22.3 Å². The maximum absolute atomic E-state index is 13.8. The van der Waals surface area contributed by atoms with Gasteiger partial charge in [0, 0.05) is 24.0 Å². The van der Waals surface area contributed by atoms with E-state index in [2.05, 4.69) is 4.98 Å². The zero-order valence-electron chi connectivity index (χ0n) is 19.2. The molecule has 0 spiro atoms. The molecule has 0 saturated heterocycles. The fourth-order valence-corrected chi connectivity index (χ4v) is 6.09. The SMILES string of the molecule is Cc1ccc(C)c2[nH]c(=O)c(CN(Cc3ccc4c(c3)OCO4)S(=O)(=O)c3ccccc3Cl)cc12. The minimum Gasteiger partial charge on any atom is -0.454 e. The minimum atomic E-state index is -4.05. The van der Waals surface area contributed by atoms with Crippen LogP contribution < -0.4 is 15.0 Å². The van der Waals surface area contributed by atoms with Gasteiger partial charge in [-0.25, -0.2) is 8.42 Å². The number of pyridine rings is 1. The standard InChI is InChI=1S/C26H23ClN2O5S/c1-16-7-8-17(2)25-20(16)12-19(26(30)28-25)14-29(35(31,32)24-6-4-3-5-21(24)27)13-18-9-10-22-23(11-18)34-15-33-22/h3-12H,13-15H2,1-2H3,(H,28,30). The summed E-state index contributed by atoms with van der Waals surface area (Å²) < 4.78 is 39.6. The lowest BCUT2D eigenvalue weighted by Crippen LogP contribution is -2.32. The third-order valence-electron chi connectivity index (χ3n) is 6.12. The summed E-state index contributed by atoms with van der Waals surface area (Å²) >= 11 is 6.27. The lowest BCUT2D eigenvalue weighted by Gasteiger charge is -2.23. The lowest BCUT2D eigenvalue weighted by atomic mass is 10.0. The van der Waals surface area contributed by atoms with Gasteiger partial charge in [0.05, 0.1) is 10.5 Å². The zero-order valence-corrected chi connectivity index (χ0v) is 20.7. The molecule has 4 aromatic rings. The molecule has 1 aliphatic heterocycles. The number of ether oxygens (including phenoxy) is 2. The number of aryl methyl sites for hydroxylation is 2. The molecule has 0 atom stereocenters. The molecule has 5 rings (SSSR count). The highest BCUT2D eigenvalue weighted by Gasteiger charge is 2.28. The predicted octanol–water partition coefficient (Wildman–Crippen LogP) is 4.92. The molecule has 2 heterocycles. The van der Waals surface area contributed by atoms with Crippen molar-refractivity contribution in [3.8, 4) is 11.5 Å². The molecule has 180 valence electrons. The number of halogens is 1. The van der Waals surface area contributed by atoms with Crippen LogP contribution in [0.3, 0.4) is 0 Å². The quantitative estimate of drug-likeness (QED) is 0.398. The monoisotopic (exact) mass is 510 g/mol. The molecule has 0 saturated carbocycles. The number of hydrogen-bond donors (Lipinski definition) is 1. The van der Waals surface area contributed by atoms with Gasteiger partial charge in [-0.05, 0) is 60.9 Å². The molecule has 7 nitrogen and oxygen atoms in total. The topological polar surface area (TPSA) is 88.7 Å². The van der Waals surface area contributed by atoms with Crippen LogP contribution in [0.2, 0.25) is 5.02 Å². The number of benzene rings is 3. The Bertz CT molecular complexity index is 1610. The zero-order chi connectivity index (χ0) is 24.7. The Balaban J connectivity index is 1.60. The summed E-state index contributed by atoms with van der Waals surface area (Å²) in [5.74, 6) is 1.15. The van der Waals surface area contributed by atoms with E-state index in [1.807, 2.05) is 26.0 Å². The first-order valence-corrected chi connectivity index (χ1v) is 12.8. The van der Waals surface area contributed by atoms with Crippen molar-refractivity contribution in [2.24, 2.45) is 0 Å². The van der Waals surface area contributed by atoms with Crippen LogP contribution in [0.4, 0.5) is 0 Å². The molecule has 9 heteroatoms. The van der Waals surface area contributed by atoms with Crippen LogP contribution in [-0.2, 0) is 23.1 Å². The molecule has 35 heavy (non-hydrogen) atoms. The fourth-order valence-electron chi connectivity index (χ4n) is 4.19. The van der Waals surface area contributed by atoms with Crippen LogP contribution in [0.15, 0.2) is 70.4 Å². The second-order valence-electron chi connectivity index (χ2n) is 8.50. The van der Waals surface area contributed by atoms with Crippen molar-refractivity contribution in [1.29, 1.82) is 0 Å². The molecule has 0 fully saturated rings. The number of aromatic nitrogens is 1. The molecule has 0 amide bonds. The van der Waals surface area contributed by atoms with Crippen molar-refractivity contribution in [3.05, 3.63) is 98.3 Å². The van der Waals surface area contributed by atoms with Crippen molar-refractivity contribution in [2.45, 2.75) is 31.8 Å². The molecule has 1 N–H and O–H groups in total. The van der Waals surface area contributed by atoms with E-state index in [-0.39, 0.29) is 35.4 Å². The third-order valence-corrected chi connectivity index (χ3v) is 8.41. The van der Waals surface area contributed by atoms with E-state index in [0.29, 0.717) is 22.6 Å².